The minimum Gasteiger partial charge on any atom is -0.382 e. The Morgan fingerprint density at radius 1 is 1.27 bits per heavy atom. The summed E-state index contributed by atoms with van der Waals surface area (Å²) in [6.07, 6.45) is 2.18. The number of hydrogen-bond donors (Lipinski definition) is 3. The van der Waals surface area contributed by atoms with Crippen molar-refractivity contribution in [2.45, 2.75) is 33.1 Å². The van der Waals surface area contributed by atoms with E-state index in [1.807, 2.05) is 13.8 Å². The number of nitrogens with one attached hydrogen (secondary N) is 2. The van der Waals surface area contributed by atoms with Crippen molar-refractivity contribution in [2.75, 3.05) is 38.6 Å². The van der Waals surface area contributed by atoms with Gasteiger partial charge < -0.3 is 21.1 Å². The Kier molecular flexibility index (Phi) is 9.61. The second kappa shape index (κ2) is 12.4. The smallest absolute Gasteiger partial charge is 0.191 e. The highest BCUT2D eigenvalue weighted by Gasteiger charge is 2.16. The largest absolute Gasteiger partial charge is 0.382 e. The van der Waals surface area contributed by atoms with Crippen LogP contribution in [0.15, 0.2) is 29.3 Å². The van der Waals surface area contributed by atoms with E-state index in [0.29, 0.717) is 36.3 Å². The molecular formula is C21H30FN7O. The van der Waals surface area contributed by atoms with Crippen LogP contribution in [0.3, 0.4) is 0 Å². The van der Waals surface area contributed by atoms with Crippen molar-refractivity contribution < 1.29 is 9.13 Å². The van der Waals surface area contributed by atoms with E-state index >= 15 is 0 Å². The third-order valence-electron chi connectivity index (χ3n) is 4.32. The summed E-state index contributed by atoms with van der Waals surface area (Å²) in [6, 6.07) is 7.95. The molecule has 0 amide bonds. The van der Waals surface area contributed by atoms with Crippen molar-refractivity contribution in [3.63, 3.8) is 0 Å². The summed E-state index contributed by atoms with van der Waals surface area (Å²) < 4.78 is 20.0. The standard InChI is InChI=1S/C21H30FN7O/c1-3-25-21(27-13-6-14-30-4-2)26-12-5-7-19-18(15-23)20(24)29(28-19)17-10-8-16(22)9-11-17/h8-11H,3-7,12-14,24H2,1-2H3,(H2,25,26,27). The van der Waals surface area contributed by atoms with Gasteiger partial charge in [0, 0.05) is 32.8 Å². The van der Waals surface area contributed by atoms with Crippen LogP contribution in [0.5, 0.6) is 0 Å². The average molecular weight is 416 g/mol. The van der Waals surface area contributed by atoms with Gasteiger partial charge in [0.2, 0.25) is 0 Å². The van der Waals surface area contributed by atoms with Gasteiger partial charge in [0.05, 0.1) is 11.4 Å². The number of aryl methyl sites for hydroxylation is 1. The monoisotopic (exact) mass is 415 g/mol. The van der Waals surface area contributed by atoms with Gasteiger partial charge in [-0.1, -0.05) is 0 Å². The molecule has 0 spiro atoms. The third-order valence-corrected chi connectivity index (χ3v) is 4.32. The van der Waals surface area contributed by atoms with Crippen LogP contribution in [0.2, 0.25) is 0 Å². The summed E-state index contributed by atoms with van der Waals surface area (Å²) in [5.74, 6) is 0.670. The summed E-state index contributed by atoms with van der Waals surface area (Å²) in [4.78, 5) is 4.56. The highest BCUT2D eigenvalue weighted by molar-refractivity contribution is 5.79. The minimum atomic E-state index is -0.342. The fraction of sp³-hybridized carbons (Fsp3) is 0.476. The maximum absolute atomic E-state index is 13.2. The number of aliphatic imine (C=N–C) groups is 1. The fourth-order valence-electron chi connectivity index (χ4n) is 2.86. The number of rotatable bonds is 11. The van der Waals surface area contributed by atoms with E-state index in [2.05, 4.69) is 26.8 Å². The molecule has 0 aliphatic rings. The number of halogens is 1. The SMILES string of the molecule is CCNC(=NCCCc1nn(-c2ccc(F)cc2)c(N)c1C#N)NCCCOCC. The molecule has 9 heteroatoms. The third kappa shape index (κ3) is 6.74. The molecular weight excluding hydrogens is 385 g/mol. The van der Waals surface area contributed by atoms with Crippen molar-refractivity contribution in [2.24, 2.45) is 4.99 Å². The molecule has 0 saturated carbocycles. The predicted octanol–water partition coefficient (Wildman–Crippen LogP) is 2.38. The first-order valence-corrected chi connectivity index (χ1v) is 10.2. The Morgan fingerprint density at radius 2 is 2.03 bits per heavy atom. The molecule has 1 aromatic heterocycles. The first kappa shape index (κ1) is 23.2. The zero-order chi connectivity index (χ0) is 21.8. The van der Waals surface area contributed by atoms with Crippen molar-refractivity contribution >= 4 is 11.8 Å². The minimum absolute atomic E-state index is 0.256. The summed E-state index contributed by atoms with van der Waals surface area (Å²) in [7, 11) is 0. The van der Waals surface area contributed by atoms with Crippen LogP contribution in [-0.4, -0.2) is 48.6 Å². The molecule has 0 unspecified atom stereocenters. The van der Waals surface area contributed by atoms with Gasteiger partial charge >= 0.3 is 0 Å². The molecule has 1 heterocycles. The molecule has 0 fully saturated rings. The van der Waals surface area contributed by atoms with Crippen LogP contribution < -0.4 is 16.4 Å². The lowest BCUT2D eigenvalue weighted by Gasteiger charge is -2.11. The van der Waals surface area contributed by atoms with Crippen molar-refractivity contribution in [3.05, 3.63) is 41.3 Å². The molecule has 0 aliphatic heterocycles. The lowest BCUT2D eigenvalue weighted by molar-refractivity contribution is 0.145. The average Bonchev–Trinajstić information content (AvgIpc) is 3.06. The van der Waals surface area contributed by atoms with Gasteiger partial charge in [-0.15, -0.1) is 0 Å². The molecule has 0 saturated heterocycles. The lowest BCUT2D eigenvalue weighted by Crippen LogP contribution is -2.38. The molecule has 2 aromatic rings. The maximum Gasteiger partial charge on any atom is 0.191 e. The molecule has 2 rings (SSSR count). The van der Waals surface area contributed by atoms with Crippen LogP contribution in [0.25, 0.3) is 5.69 Å². The van der Waals surface area contributed by atoms with E-state index in [1.54, 1.807) is 12.1 Å². The van der Waals surface area contributed by atoms with Gasteiger partial charge in [0.25, 0.3) is 0 Å². The van der Waals surface area contributed by atoms with E-state index in [0.717, 1.165) is 38.7 Å². The number of hydrogen-bond acceptors (Lipinski definition) is 5. The Hall–Kier alpha value is -3.12. The predicted molar refractivity (Wildman–Crippen MR) is 116 cm³/mol. The zero-order valence-electron chi connectivity index (χ0n) is 17.6. The van der Waals surface area contributed by atoms with Gasteiger partial charge in [0.15, 0.2) is 5.96 Å². The molecule has 0 bridgehead atoms. The number of nitrogen functional groups attached to an aromatic ring is 1. The van der Waals surface area contributed by atoms with Crippen LogP contribution >= 0.6 is 0 Å². The van der Waals surface area contributed by atoms with E-state index < -0.39 is 0 Å². The van der Waals surface area contributed by atoms with Crippen LogP contribution in [0.1, 0.15) is 37.9 Å². The molecule has 162 valence electrons. The van der Waals surface area contributed by atoms with E-state index in [9.17, 15) is 9.65 Å². The molecule has 0 aliphatic carbocycles. The van der Waals surface area contributed by atoms with Crippen LogP contribution in [-0.2, 0) is 11.2 Å². The van der Waals surface area contributed by atoms with Gasteiger partial charge in [-0.3, -0.25) is 4.99 Å². The van der Waals surface area contributed by atoms with Gasteiger partial charge in [-0.05, 0) is 57.4 Å². The van der Waals surface area contributed by atoms with E-state index in [4.69, 9.17) is 10.5 Å². The molecule has 0 atom stereocenters. The Morgan fingerprint density at radius 3 is 2.70 bits per heavy atom. The highest BCUT2D eigenvalue weighted by Crippen LogP contribution is 2.21. The Labute approximate surface area is 176 Å². The maximum atomic E-state index is 13.2. The first-order chi connectivity index (χ1) is 14.6. The molecule has 0 radical (unpaired) electrons. The van der Waals surface area contributed by atoms with Crippen molar-refractivity contribution in [1.29, 1.82) is 5.26 Å². The number of aromatic nitrogens is 2. The first-order valence-electron chi connectivity index (χ1n) is 10.2. The molecule has 4 N–H and O–H groups in total. The fourth-order valence-corrected chi connectivity index (χ4v) is 2.86. The number of nitriles is 1. The summed E-state index contributed by atoms with van der Waals surface area (Å²) in [5.41, 5.74) is 7.67. The molecule has 30 heavy (non-hydrogen) atoms. The summed E-state index contributed by atoms with van der Waals surface area (Å²) in [6.45, 7) is 7.57. The van der Waals surface area contributed by atoms with Crippen LogP contribution in [0.4, 0.5) is 10.2 Å². The zero-order valence-corrected chi connectivity index (χ0v) is 17.6. The highest BCUT2D eigenvalue weighted by atomic mass is 19.1. The van der Waals surface area contributed by atoms with Crippen molar-refractivity contribution in [1.82, 2.24) is 20.4 Å². The topological polar surface area (TPSA) is 113 Å². The molecule has 8 nitrogen and oxygen atoms in total. The van der Waals surface area contributed by atoms with Crippen molar-refractivity contribution in [3.8, 4) is 11.8 Å². The van der Waals surface area contributed by atoms with E-state index in [-0.39, 0.29) is 11.6 Å². The summed E-state index contributed by atoms with van der Waals surface area (Å²) in [5, 5.41) is 20.4. The van der Waals surface area contributed by atoms with Gasteiger partial charge in [0.1, 0.15) is 23.3 Å². The second-order valence-corrected chi connectivity index (χ2v) is 6.55. The Balaban J connectivity index is 1.95. The number of benzene rings is 1. The normalized spacial score (nSPS) is 11.3. The van der Waals surface area contributed by atoms with Crippen LogP contribution in [0, 0.1) is 17.1 Å². The number of nitrogens with zero attached hydrogens (tertiary/aromatic N) is 4. The number of anilines is 1. The number of guanidine groups is 1. The number of nitrogens with two attached hydrogens (primary N) is 1. The quantitative estimate of drug-likeness (QED) is 0.295. The lowest BCUT2D eigenvalue weighted by atomic mass is 10.1. The number of ether oxygens (including phenoxy) is 1. The Bertz CT molecular complexity index is 855. The second-order valence-electron chi connectivity index (χ2n) is 6.55. The van der Waals surface area contributed by atoms with Gasteiger partial charge in [-0.25, -0.2) is 9.07 Å². The van der Waals surface area contributed by atoms with E-state index in [1.165, 1.54) is 16.8 Å². The van der Waals surface area contributed by atoms with Gasteiger partial charge in [-0.2, -0.15) is 10.4 Å². The summed E-state index contributed by atoms with van der Waals surface area (Å²) >= 11 is 0. The molecule has 1 aromatic carbocycles.